The fourth-order valence-electron chi connectivity index (χ4n) is 2.03. The fourth-order valence-corrected chi connectivity index (χ4v) is 2.03. The monoisotopic (exact) mass is 319 g/mol. The summed E-state index contributed by atoms with van der Waals surface area (Å²) in [7, 11) is 0. The minimum absolute atomic E-state index is 0.0726. The van der Waals surface area contributed by atoms with E-state index in [2.05, 4.69) is 29.4 Å². The van der Waals surface area contributed by atoms with Gasteiger partial charge in [-0.25, -0.2) is 0 Å². The summed E-state index contributed by atoms with van der Waals surface area (Å²) >= 11 is 0. The van der Waals surface area contributed by atoms with Crippen LogP contribution >= 0.6 is 0 Å². The highest BCUT2D eigenvalue weighted by atomic mass is 16.2. The van der Waals surface area contributed by atoms with Gasteiger partial charge >= 0.3 is 0 Å². The van der Waals surface area contributed by atoms with Gasteiger partial charge in [-0.15, -0.1) is 0 Å². The molecule has 1 aromatic rings. The molecule has 2 amide bonds. The Kier molecular flexibility index (Phi) is 7.23. The van der Waals surface area contributed by atoms with Gasteiger partial charge in [0.2, 0.25) is 5.91 Å². The Balaban J connectivity index is 2.62. The van der Waals surface area contributed by atoms with Crippen LogP contribution in [0.5, 0.6) is 0 Å². The first kappa shape index (κ1) is 19.2. The van der Waals surface area contributed by atoms with Crippen molar-refractivity contribution in [3.8, 4) is 0 Å². The number of amides is 2. The van der Waals surface area contributed by atoms with Gasteiger partial charge in [0.25, 0.3) is 5.91 Å². The molecule has 0 spiro atoms. The van der Waals surface area contributed by atoms with Crippen molar-refractivity contribution >= 4 is 17.5 Å². The molecule has 1 rings (SSSR count). The molecular weight excluding hydrogens is 290 g/mol. The molecule has 0 aromatic heterocycles. The summed E-state index contributed by atoms with van der Waals surface area (Å²) in [6, 6.07) is 7.02. The zero-order valence-corrected chi connectivity index (χ0v) is 14.9. The zero-order valence-electron chi connectivity index (χ0n) is 14.9. The fraction of sp³-hybridized carbons (Fsp3) is 0.556. The lowest BCUT2D eigenvalue weighted by atomic mass is 9.95. The second-order valence-electron chi connectivity index (χ2n) is 6.57. The van der Waals surface area contributed by atoms with Crippen molar-refractivity contribution in [3.05, 3.63) is 29.8 Å². The number of carbonyl (C=O) groups is 2. The smallest absolute Gasteiger partial charge is 0.251 e. The van der Waals surface area contributed by atoms with Crippen molar-refractivity contribution in [3.63, 3.8) is 0 Å². The van der Waals surface area contributed by atoms with Crippen LogP contribution in [0.1, 0.15) is 45.0 Å². The van der Waals surface area contributed by atoms with Crippen molar-refractivity contribution in [2.24, 2.45) is 5.41 Å². The van der Waals surface area contributed by atoms with Crippen molar-refractivity contribution in [1.29, 1.82) is 0 Å². The number of nitrogens with zero attached hydrogens (tertiary/aromatic N) is 1. The van der Waals surface area contributed by atoms with E-state index in [9.17, 15) is 9.59 Å². The van der Waals surface area contributed by atoms with E-state index in [0.717, 1.165) is 19.6 Å². The second-order valence-corrected chi connectivity index (χ2v) is 6.57. The van der Waals surface area contributed by atoms with Crippen molar-refractivity contribution in [2.45, 2.75) is 34.6 Å². The summed E-state index contributed by atoms with van der Waals surface area (Å²) in [6.07, 6.45) is 0. The number of anilines is 1. The van der Waals surface area contributed by atoms with Crippen molar-refractivity contribution in [2.75, 3.05) is 31.5 Å². The molecule has 2 N–H and O–H groups in total. The summed E-state index contributed by atoms with van der Waals surface area (Å²) in [6.45, 7) is 13.2. The second kappa shape index (κ2) is 8.67. The topological polar surface area (TPSA) is 61.4 Å². The van der Waals surface area contributed by atoms with Crippen molar-refractivity contribution in [1.82, 2.24) is 10.2 Å². The van der Waals surface area contributed by atoms with Crippen LogP contribution in [0.3, 0.4) is 0 Å². The van der Waals surface area contributed by atoms with Crippen LogP contribution in [0.25, 0.3) is 0 Å². The molecule has 5 nitrogen and oxygen atoms in total. The lowest BCUT2D eigenvalue weighted by Crippen LogP contribution is -2.34. The molecule has 128 valence electrons. The van der Waals surface area contributed by atoms with Gasteiger partial charge in [-0.1, -0.05) is 40.7 Å². The Bertz CT molecular complexity index is 531. The summed E-state index contributed by atoms with van der Waals surface area (Å²) < 4.78 is 0. The molecule has 0 bridgehead atoms. The third-order valence-electron chi connectivity index (χ3n) is 3.67. The molecule has 0 saturated heterocycles. The molecule has 0 radical (unpaired) electrons. The van der Waals surface area contributed by atoms with Crippen LogP contribution in [0.15, 0.2) is 24.3 Å². The van der Waals surface area contributed by atoms with Gasteiger partial charge in [0.15, 0.2) is 0 Å². The van der Waals surface area contributed by atoms with E-state index in [1.54, 1.807) is 24.3 Å². The third kappa shape index (κ3) is 6.40. The van der Waals surface area contributed by atoms with E-state index in [0.29, 0.717) is 17.8 Å². The van der Waals surface area contributed by atoms with E-state index in [1.807, 2.05) is 20.8 Å². The molecule has 0 heterocycles. The Hall–Kier alpha value is -1.88. The van der Waals surface area contributed by atoms with Gasteiger partial charge in [-0.3, -0.25) is 9.59 Å². The predicted molar refractivity (Wildman–Crippen MR) is 94.6 cm³/mol. The number of rotatable bonds is 7. The first-order valence-corrected chi connectivity index (χ1v) is 8.20. The molecule has 0 fully saturated rings. The number of carbonyl (C=O) groups excluding carboxylic acids is 2. The minimum Gasteiger partial charge on any atom is -0.351 e. The number of likely N-dealkylation sites (N-methyl/N-ethyl adjacent to an activating group) is 1. The maximum atomic E-state index is 12.2. The van der Waals surface area contributed by atoms with E-state index >= 15 is 0 Å². The van der Waals surface area contributed by atoms with Crippen LogP contribution in [-0.2, 0) is 4.79 Å². The first-order valence-electron chi connectivity index (χ1n) is 8.20. The molecule has 0 saturated carbocycles. The summed E-state index contributed by atoms with van der Waals surface area (Å²) in [4.78, 5) is 26.5. The van der Waals surface area contributed by atoms with E-state index in [1.165, 1.54) is 0 Å². The molecule has 5 heteroatoms. The molecule has 1 aromatic carbocycles. The largest absolute Gasteiger partial charge is 0.351 e. The van der Waals surface area contributed by atoms with Gasteiger partial charge in [0.1, 0.15) is 0 Å². The maximum absolute atomic E-state index is 12.2. The summed E-state index contributed by atoms with van der Waals surface area (Å²) in [5, 5.41) is 5.76. The van der Waals surface area contributed by atoms with Gasteiger partial charge in [-0.05, 0) is 31.3 Å². The third-order valence-corrected chi connectivity index (χ3v) is 3.67. The number of nitrogens with one attached hydrogen (secondary N) is 2. The summed E-state index contributed by atoms with van der Waals surface area (Å²) in [5.41, 5.74) is 0.722. The average molecular weight is 319 g/mol. The highest BCUT2D eigenvalue weighted by molar-refractivity contribution is 5.98. The lowest BCUT2D eigenvalue weighted by molar-refractivity contribution is -0.123. The Morgan fingerprint density at radius 2 is 1.78 bits per heavy atom. The Morgan fingerprint density at radius 1 is 1.13 bits per heavy atom. The van der Waals surface area contributed by atoms with Gasteiger partial charge in [0, 0.05) is 29.8 Å². The van der Waals surface area contributed by atoms with Crippen LogP contribution in [-0.4, -0.2) is 42.9 Å². The molecule has 23 heavy (non-hydrogen) atoms. The van der Waals surface area contributed by atoms with E-state index < -0.39 is 5.41 Å². The molecule has 0 atom stereocenters. The molecule has 0 aliphatic heterocycles. The molecule has 0 aliphatic carbocycles. The van der Waals surface area contributed by atoms with E-state index in [-0.39, 0.29) is 11.8 Å². The quantitative estimate of drug-likeness (QED) is 0.812. The minimum atomic E-state index is -0.470. The maximum Gasteiger partial charge on any atom is 0.251 e. The van der Waals surface area contributed by atoms with Crippen molar-refractivity contribution < 1.29 is 9.59 Å². The van der Waals surface area contributed by atoms with Crippen LogP contribution in [0.4, 0.5) is 5.69 Å². The highest BCUT2D eigenvalue weighted by Gasteiger charge is 2.21. The summed E-state index contributed by atoms with van der Waals surface area (Å²) in [5.74, 6) is -0.194. The van der Waals surface area contributed by atoms with Crippen LogP contribution in [0, 0.1) is 5.41 Å². The van der Waals surface area contributed by atoms with Gasteiger partial charge < -0.3 is 15.5 Å². The molecule has 0 aliphatic rings. The van der Waals surface area contributed by atoms with E-state index in [4.69, 9.17) is 0 Å². The number of hydrogen-bond donors (Lipinski definition) is 2. The molecule has 0 unspecified atom stereocenters. The average Bonchev–Trinajstić information content (AvgIpc) is 2.50. The SMILES string of the molecule is CCN(CC)CCNC(=O)c1cccc(NC(=O)C(C)(C)C)c1. The predicted octanol–water partition coefficient (Wildman–Crippen LogP) is 2.74. The standard InChI is InChI=1S/C18H29N3O2/c1-6-21(7-2)12-11-19-16(22)14-9-8-10-15(13-14)20-17(23)18(3,4)5/h8-10,13H,6-7,11-12H2,1-5H3,(H,19,22)(H,20,23). The zero-order chi connectivity index (χ0) is 17.5. The van der Waals surface area contributed by atoms with Gasteiger partial charge in [0.05, 0.1) is 0 Å². The number of hydrogen-bond acceptors (Lipinski definition) is 3. The Morgan fingerprint density at radius 3 is 2.35 bits per heavy atom. The normalized spacial score (nSPS) is 11.4. The lowest BCUT2D eigenvalue weighted by Gasteiger charge is -2.19. The highest BCUT2D eigenvalue weighted by Crippen LogP contribution is 2.18. The first-order chi connectivity index (χ1) is 10.8. The van der Waals surface area contributed by atoms with Crippen LogP contribution in [0.2, 0.25) is 0 Å². The van der Waals surface area contributed by atoms with Crippen LogP contribution < -0.4 is 10.6 Å². The number of benzene rings is 1. The van der Waals surface area contributed by atoms with Gasteiger partial charge in [-0.2, -0.15) is 0 Å². The Labute approximate surface area is 139 Å². The molecular formula is C18H29N3O2.